The zero-order chi connectivity index (χ0) is 57.8. The molecule has 0 aliphatic carbocycles. The van der Waals surface area contributed by atoms with Gasteiger partial charge in [-0.3, -0.25) is 14.4 Å². The Balaban J connectivity index is 4.34. The molecule has 0 aromatic carbocycles. The fraction of sp³-hybridized carbons (Fsp3) is 0.770. The topological polar surface area (TPSA) is 78.9 Å². The molecule has 6 nitrogen and oxygen atoms in total. The lowest BCUT2D eigenvalue weighted by molar-refractivity contribution is -0.167. The molecule has 0 amide bonds. The number of rotatable bonds is 63. The first-order valence-electron chi connectivity index (χ1n) is 34.6. The molecule has 0 aliphatic rings. The summed E-state index contributed by atoms with van der Waals surface area (Å²) in [4.78, 5) is 38.4. The number of hydrogen-bond acceptors (Lipinski definition) is 6. The molecule has 0 aromatic heterocycles. The molecule has 0 saturated heterocycles. The van der Waals surface area contributed by atoms with Crippen LogP contribution in [0.1, 0.15) is 348 Å². The van der Waals surface area contributed by atoms with Gasteiger partial charge in [0.15, 0.2) is 6.10 Å². The van der Waals surface area contributed by atoms with Gasteiger partial charge in [-0.1, -0.05) is 298 Å². The normalized spacial score (nSPS) is 12.6. The van der Waals surface area contributed by atoms with Crippen LogP contribution in [0.5, 0.6) is 0 Å². The summed E-state index contributed by atoms with van der Waals surface area (Å²) < 4.78 is 17.0. The van der Waals surface area contributed by atoms with Gasteiger partial charge in [0.2, 0.25) is 0 Å². The van der Waals surface area contributed by atoms with Crippen LogP contribution in [-0.4, -0.2) is 37.2 Å². The maximum absolute atomic E-state index is 13.0. The maximum atomic E-state index is 13.0. The smallest absolute Gasteiger partial charge is 0.306 e. The average molecular weight is 1120 g/mol. The van der Waals surface area contributed by atoms with Gasteiger partial charge >= 0.3 is 17.9 Å². The largest absolute Gasteiger partial charge is 0.462 e. The summed E-state index contributed by atoms with van der Waals surface area (Å²) in [5, 5.41) is 0. The number of hydrogen-bond donors (Lipinski definition) is 0. The number of unbranched alkanes of at least 4 members (excludes halogenated alkanes) is 38. The minimum Gasteiger partial charge on any atom is -0.462 e. The molecule has 0 fully saturated rings. The van der Waals surface area contributed by atoms with Crippen LogP contribution >= 0.6 is 0 Å². The van der Waals surface area contributed by atoms with Gasteiger partial charge in [-0.05, 0) is 116 Å². The van der Waals surface area contributed by atoms with Gasteiger partial charge in [-0.25, -0.2) is 0 Å². The number of ether oxygens (including phenoxy) is 3. The van der Waals surface area contributed by atoms with Gasteiger partial charge in [-0.15, -0.1) is 0 Å². The van der Waals surface area contributed by atoms with E-state index in [1.807, 2.05) is 0 Å². The molecular weight excluding hydrogens is 985 g/mol. The Kier molecular flexibility index (Phi) is 65.2. The number of esters is 3. The molecule has 0 heterocycles. The standard InChI is InChI=1S/C74H130O6/c1-4-7-10-13-16-19-22-25-28-31-33-35-36-37-38-40-41-43-46-49-52-55-58-61-64-67-73(76)79-70-71(69-78-72(75)66-63-60-57-54-51-48-45-30-27-24-21-18-15-12-9-6-3)80-74(77)68-65-62-59-56-53-50-47-44-42-39-34-32-29-26-23-20-17-14-11-8-5-2/h7,10,16,19,21,24-25,28,30,32-35,45,71H,4-6,8-9,11-15,17-18,20,22-23,26-27,29,31,36-44,46-70H2,1-3H3/b10-7-,19-16-,24-21-,28-25-,34-32-,35-33-,45-30-. The van der Waals surface area contributed by atoms with Crippen LogP contribution < -0.4 is 0 Å². The predicted octanol–water partition coefficient (Wildman–Crippen LogP) is 23.8. The quantitative estimate of drug-likeness (QED) is 0.0261. The predicted molar refractivity (Wildman–Crippen MR) is 348 cm³/mol. The van der Waals surface area contributed by atoms with Crippen LogP contribution in [0.25, 0.3) is 0 Å². The maximum Gasteiger partial charge on any atom is 0.306 e. The fourth-order valence-corrected chi connectivity index (χ4v) is 9.93. The molecule has 6 heteroatoms. The Labute approximate surface area is 496 Å². The number of carbonyl (C=O) groups is 3. The van der Waals surface area contributed by atoms with Gasteiger partial charge in [0, 0.05) is 19.3 Å². The Bertz CT molecular complexity index is 1520. The highest BCUT2D eigenvalue weighted by Crippen LogP contribution is 2.17. The van der Waals surface area contributed by atoms with E-state index in [2.05, 4.69) is 106 Å². The molecule has 1 unspecified atom stereocenters. The van der Waals surface area contributed by atoms with Crippen molar-refractivity contribution in [1.82, 2.24) is 0 Å². The third kappa shape index (κ3) is 65.4. The molecule has 0 spiro atoms. The first-order chi connectivity index (χ1) is 39.5. The number of carbonyl (C=O) groups excluding carboxylic acids is 3. The third-order valence-electron chi connectivity index (χ3n) is 15.1. The van der Waals surface area contributed by atoms with Crippen molar-refractivity contribution >= 4 is 17.9 Å². The highest BCUT2D eigenvalue weighted by atomic mass is 16.6. The van der Waals surface area contributed by atoms with Crippen molar-refractivity contribution in [3.63, 3.8) is 0 Å². The monoisotopic (exact) mass is 1110 g/mol. The summed E-state index contributed by atoms with van der Waals surface area (Å²) in [5.41, 5.74) is 0. The SMILES string of the molecule is CC/C=C\C/C=C\C/C=C\C/C=C\CCCCCCCCCCCCCCC(=O)OCC(COC(=O)CCCCCCC/C=C\C/C=C\CCCCCC)OC(=O)CCCCCCCCCCC/C=C\CCCCCCCCCC. The van der Waals surface area contributed by atoms with E-state index in [0.717, 1.165) is 103 Å². The van der Waals surface area contributed by atoms with Crippen LogP contribution in [0.3, 0.4) is 0 Å². The second-order valence-corrected chi connectivity index (χ2v) is 23.1. The summed E-state index contributed by atoms with van der Waals surface area (Å²) in [7, 11) is 0. The first kappa shape index (κ1) is 76.6. The van der Waals surface area contributed by atoms with E-state index in [4.69, 9.17) is 14.2 Å². The van der Waals surface area contributed by atoms with E-state index >= 15 is 0 Å². The summed E-state index contributed by atoms with van der Waals surface area (Å²) in [6.45, 7) is 6.54. The van der Waals surface area contributed by atoms with Gasteiger partial charge in [0.05, 0.1) is 0 Å². The van der Waals surface area contributed by atoms with Crippen molar-refractivity contribution in [3.8, 4) is 0 Å². The van der Waals surface area contributed by atoms with Crippen LogP contribution in [0.4, 0.5) is 0 Å². The lowest BCUT2D eigenvalue weighted by atomic mass is 10.0. The van der Waals surface area contributed by atoms with Crippen LogP contribution in [0, 0.1) is 0 Å². The third-order valence-corrected chi connectivity index (χ3v) is 15.1. The second-order valence-electron chi connectivity index (χ2n) is 23.1. The molecule has 80 heavy (non-hydrogen) atoms. The summed E-state index contributed by atoms with van der Waals surface area (Å²) >= 11 is 0. The zero-order valence-corrected chi connectivity index (χ0v) is 53.1. The van der Waals surface area contributed by atoms with Crippen LogP contribution in [0.15, 0.2) is 85.1 Å². The van der Waals surface area contributed by atoms with Crippen LogP contribution in [0.2, 0.25) is 0 Å². The molecule has 1 atom stereocenters. The average Bonchev–Trinajstić information content (AvgIpc) is 3.46. The van der Waals surface area contributed by atoms with E-state index in [1.54, 1.807) is 0 Å². The van der Waals surface area contributed by atoms with Gasteiger partial charge in [-0.2, -0.15) is 0 Å². The molecular formula is C74H130O6. The molecule has 0 rings (SSSR count). The van der Waals surface area contributed by atoms with E-state index in [9.17, 15) is 14.4 Å². The van der Waals surface area contributed by atoms with Crippen molar-refractivity contribution < 1.29 is 28.6 Å². The van der Waals surface area contributed by atoms with Crippen molar-refractivity contribution in [2.45, 2.75) is 354 Å². The minimum absolute atomic E-state index is 0.0808. The highest BCUT2D eigenvalue weighted by molar-refractivity contribution is 5.71. The van der Waals surface area contributed by atoms with E-state index in [0.29, 0.717) is 19.3 Å². The Morgan fingerprint density at radius 2 is 0.487 bits per heavy atom. The molecule has 0 radical (unpaired) electrons. The van der Waals surface area contributed by atoms with Crippen molar-refractivity contribution in [2.24, 2.45) is 0 Å². The molecule has 462 valence electrons. The van der Waals surface area contributed by atoms with Gasteiger partial charge in [0.1, 0.15) is 13.2 Å². The van der Waals surface area contributed by atoms with E-state index in [-0.39, 0.29) is 31.1 Å². The molecule has 0 aliphatic heterocycles. The number of allylic oxidation sites excluding steroid dienone is 14. The molecule has 0 aromatic rings. The second kappa shape index (κ2) is 68.1. The van der Waals surface area contributed by atoms with Crippen molar-refractivity contribution in [3.05, 3.63) is 85.1 Å². The minimum atomic E-state index is -0.786. The zero-order valence-electron chi connectivity index (χ0n) is 53.1. The molecule has 0 N–H and O–H groups in total. The first-order valence-corrected chi connectivity index (χ1v) is 34.6. The molecule has 0 bridgehead atoms. The van der Waals surface area contributed by atoms with Crippen molar-refractivity contribution in [2.75, 3.05) is 13.2 Å². The summed E-state index contributed by atoms with van der Waals surface area (Å²) in [6, 6.07) is 0. The van der Waals surface area contributed by atoms with E-state index < -0.39 is 6.10 Å². The Morgan fingerprint density at radius 1 is 0.263 bits per heavy atom. The van der Waals surface area contributed by atoms with Gasteiger partial charge in [0.25, 0.3) is 0 Å². The highest BCUT2D eigenvalue weighted by Gasteiger charge is 2.19. The Morgan fingerprint density at radius 3 is 0.787 bits per heavy atom. The summed E-state index contributed by atoms with van der Waals surface area (Å²) in [6.07, 6.45) is 90.2. The fourth-order valence-electron chi connectivity index (χ4n) is 9.93. The van der Waals surface area contributed by atoms with E-state index in [1.165, 1.54) is 205 Å². The molecule has 0 saturated carbocycles. The summed E-state index contributed by atoms with van der Waals surface area (Å²) in [5.74, 6) is -0.881. The van der Waals surface area contributed by atoms with Crippen molar-refractivity contribution in [1.29, 1.82) is 0 Å². The Hall–Kier alpha value is -3.41. The lowest BCUT2D eigenvalue weighted by Gasteiger charge is -2.18. The van der Waals surface area contributed by atoms with Gasteiger partial charge < -0.3 is 14.2 Å². The lowest BCUT2D eigenvalue weighted by Crippen LogP contribution is -2.30. The van der Waals surface area contributed by atoms with Crippen LogP contribution in [-0.2, 0) is 28.6 Å².